The fraction of sp³-hybridized carbons (Fsp3) is 0.333. The molecule has 0 radical (unpaired) electrons. The molecular formula is C24H26FN5OS. The molecule has 0 aliphatic carbocycles. The van der Waals surface area contributed by atoms with Gasteiger partial charge in [-0.3, -0.25) is 10.2 Å². The van der Waals surface area contributed by atoms with Gasteiger partial charge in [0.1, 0.15) is 10.9 Å². The van der Waals surface area contributed by atoms with Gasteiger partial charge in [0, 0.05) is 17.1 Å². The van der Waals surface area contributed by atoms with Crippen molar-refractivity contribution in [2.45, 2.75) is 52.9 Å². The minimum absolute atomic E-state index is 0.0339. The molecule has 166 valence electrons. The Morgan fingerprint density at radius 1 is 1.19 bits per heavy atom. The SMILES string of the molecule is CCCCCCC1=NN2C(=N)C(=Cc3cc(C)n(-c4cccc(F)c4)c3C)C(=O)N=C2S1. The van der Waals surface area contributed by atoms with E-state index in [0.717, 1.165) is 41.3 Å². The summed E-state index contributed by atoms with van der Waals surface area (Å²) in [6, 6.07) is 8.31. The van der Waals surface area contributed by atoms with Crippen LogP contribution < -0.4 is 0 Å². The number of amidine groups is 2. The van der Waals surface area contributed by atoms with E-state index in [1.807, 2.05) is 30.5 Å². The number of aromatic nitrogens is 1. The van der Waals surface area contributed by atoms with Gasteiger partial charge < -0.3 is 4.57 Å². The van der Waals surface area contributed by atoms with Crippen molar-refractivity contribution in [2.75, 3.05) is 0 Å². The topological polar surface area (TPSA) is 73.8 Å². The van der Waals surface area contributed by atoms with E-state index in [-0.39, 0.29) is 17.2 Å². The normalized spacial score (nSPS) is 17.1. The highest BCUT2D eigenvalue weighted by molar-refractivity contribution is 8.26. The Balaban J connectivity index is 1.61. The average Bonchev–Trinajstić information content (AvgIpc) is 3.28. The van der Waals surface area contributed by atoms with Crippen molar-refractivity contribution in [3.63, 3.8) is 0 Å². The van der Waals surface area contributed by atoms with E-state index in [9.17, 15) is 9.18 Å². The molecule has 6 nitrogen and oxygen atoms in total. The summed E-state index contributed by atoms with van der Waals surface area (Å²) in [4.78, 5) is 16.9. The Labute approximate surface area is 191 Å². The largest absolute Gasteiger partial charge is 0.318 e. The summed E-state index contributed by atoms with van der Waals surface area (Å²) in [5, 5.41) is 15.9. The lowest BCUT2D eigenvalue weighted by atomic mass is 10.1. The van der Waals surface area contributed by atoms with Crippen molar-refractivity contribution in [1.82, 2.24) is 9.58 Å². The highest BCUT2D eigenvalue weighted by Crippen LogP contribution is 2.31. The molecule has 2 aromatic rings. The van der Waals surface area contributed by atoms with Crippen LogP contribution in [0.25, 0.3) is 11.8 Å². The van der Waals surface area contributed by atoms with Crippen LogP contribution in [0.15, 0.2) is 46.0 Å². The molecule has 0 fully saturated rings. The van der Waals surface area contributed by atoms with Crippen LogP contribution in [-0.2, 0) is 4.79 Å². The molecule has 1 aromatic heterocycles. The van der Waals surface area contributed by atoms with E-state index in [4.69, 9.17) is 5.41 Å². The van der Waals surface area contributed by atoms with Gasteiger partial charge in [0.15, 0.2) is 5.84 Å². The van der Waals surface area contributed by atoms with Gasteiger partial charge in [-0.25, -0.2) is 4.39 Å². The second kappa shape index (κ2) is 9.24. The van der Waals surface area contributed by atoms with Crippen LogP contribution in [0.2, 0.25) is 0 Å². The number of unbranched alkanes of at least 4 members (excludes halogenated alkanes) is 3. The number of carbonyl (C=O) groups is 1. The first-order chi connectivity index (χ1) is 15.4. The third kappa shape index (κ3) is 4.32. The van der Waals surface area contributed by atoms with Gasteiger partial charge in [0.2, 0.25) is 5.17 Å². The van der Waals surface area contributed by atoms with Gasteiger partial charge >= 0.3 is 0 Å². The maximum absolute atomic E-state index is 13.7. The second-order valence-electron chi connectivity index (χ2n) is 7.97. The smallest absolute Gasteiger partial charge is 0.283 e. The van der Waals surface area contributed by atoms with Gasteiger partial charge in [-0.1, -0.05) is 32.3 Å². The lowest BCUT2D eigenvalue weighted by Crippen LogP contribution is -2.35. The molecule has 0 saturated heterocycles. The molecule has 8 heteroatoms. The van der Waals surface area contributed by atoms with Crippen LogP contribution in [0.5, 0.6) is 0 Å². The fourth-order valence-corrected chi connectivity index (χ4v) is 4.86. The molecular weight excluding hydrogens is 425 g/mol. The predicted molar refractivity (Wildman–Crippen MR) is 129 cm³/mol. The van der Waals surface area contributed by atoms with Gasteiger partial charge in [0.25, 0.3) is 5.91 Å². The number of rotatable bonds is 7. The van der Waals surface area contributed by atoms with Crippen molar-refractivity contribution in [2.24, 2.45) is 10.1 Å². The predicted octanol–water partition coefficient (Wildman–Crippen LogP) is 5.82. The number of hydrogen-bond donors (Lipinski definition) is 1. The van der Waals surface area contributed by atoms with Crippen molar-refractivity contribution in [1.29, 1.82) is 5.41 Å². The van der Waals surface area contributed by atoms with Crippen LogP contribution in [0.3, 0.4) is 0 Å². The van der Waals surface area contributed by atoms with Crippen LogP contribution >= 0.6 is 11.8 Å². The standard InChI is InChI=1S/C24H26FN5OS/c1-4-5-6-7-11-21-28-30-22(26)20(23(31)27-24(30)32-21)13-17-12-15(2)29(16(17)3)19-10-8-9-18(25)14-19/h8-10,12-14,26H,4-7,11H2,1-3H3. The number of benzene rings is 1. The van der Waals surface area contributed by atoms with Crippen LogP contribution in [-0.4, -0.2) is 31.5 Å². The Hall–Kier alpha value is -3.00. The van der Waals surface area contributed by atoms with Crippen molar-refractivity contribution >= 4 is 39.8 Å². The number of thioether (sulfide) groups is 1. The summed E-state index contributed by atoms with van der Waals surface area (Å²) in [6.07, 6.45) is 7.06. The molecule has 0 atom stereocenters. The minimum Gasteiger partial charge on any atom is -0.318 e. The molecule has 0 bridgehead atoms. The zero-order valence-corrected chi connectivity index (χ0v) is 19.3. The highest BCUT2D eigenvalue weighted by Gasteiger charge is 2.35. The summed E-state index contributed by atoms with van der Waals surface area (Å²) in [5.74, 6) is -0.714. The van der Waals surface area contributed by atoms with Crippen molar-refractivity contribution in [3.8, 4) is 5.69 Å². The summed E-state index contributed by atoms with van der Waals surface area (Å²) >= 11 is 1.37. The summed E-state index contributed by atoms with van der Waals surface area (Å²) in [6.45, 7) is 6.01. The number of carbonyl (C=O) groups excluding carboxylic acids is 1. The number of halogens is 1. The lowest BCUT2D eigenvalue weighted by molar-refractivity contribution is -0.114. The number of nitrogens with zero attached hydrogens (tertiary/aromatic N) is 4. The Bertz CT molecular complexity index is 1180. The number of hydrogen-bond acceptors (Lipinski definition) is 4. The molecule has 2 aliphatic rings. The molecule has 3 heterocycles. The number of aliphatic imine (C=N–C) groups is 1. The first-order valence-electron chi connectivity index (χ1n) is 10.8. The van der Waals surface area contributed by atoms with Crippen LogP contribution in [0, 0.1) is 25.1 Å². The van der Waals surface area contributed by atoms with E-state index < -0.39 is 5.91 Å². The number of aryl methyl sites for hydroxylation is 1. The Morgan fingerprint density at radius 3 is 2.75 bits per heavy atom. The van der Waals surface area contributed by atoms with Crippen LogP contribution in [0.4, 0.5) is 4.39 Å². The number of fused-ring (bicyclic) bond motifs is 1. The summed E-state index contributed by atoms with van der Waals surface area (Å²) in [5.41, 5.74) is 3.46. The fourth-order valence-electron chi connectivity index (χ4n) is 3.94. The number of hydrazone groups is 1. The quantitative estimate of drug-likeness (QED) is 0.426. The lowest BCUT2D eigenvalue weighted by Gasteiger charge is -2.20. The van der Waals surface area contributed by atoms with Gasteiger partial charge in [-0.15, -0.1) is 0 Å². The monoisotopic (exact) mass is 451 g/mol. The molecule has 0 unspecified atom stereocenters. The van der Waals surface area contributed by atoms with E-state index in [1.54, 1.807) is 12.1 Å². The maximum atomic E-state index is 13.7. The first-order valence-corrected chi connectivity index (χ1v) is 11.6. The van der Waals surface area contributed by atoms with E-state index in [0.29, 0.717) is 10.9 Å². The Kier molecular flexibility index (Phi) is 6.41. The molecule has 2 aliphatic heterocycles. The van der Waals surface area contributed by atoms with Gasteiger partial charge in [-0.05, 0) is 74.4 Å². The third-order valence-electron chi connectivity index (χ3n) is 5.58. The molecule has 4 rings (SSSR count). The zero-order valence-electron chi connectivity index (χ0n) is 18.5. The zero-order chi connectivity index (χ0) is 22.8. The summed E-state index contributed by atoms with van der Waals surface area (Å²) in [7, 11) is 0. The van der Waals surface area contributed by atoms with E-state index in [1.165, 1.54) is 41.7 Å². The second-order valence-corrected chi connectivity index (χ2v) is 9.01. The first kappa shape index (κ1) is 22.2. The average molecular weight is 452 g/mol. The number of amides is 1. The molecule has 0 spiro atoms. The molecule has 0 saturated carbocycles. The van der Waals surface area contributed by atoms with E-state index >= 15 is 0 Å². The molecule has 1 aromatic carbocycles. The third-order valence-corrected chi connectivity index (χ3v) is 6.55. The van der Waals surface area contributed by atoms with E-state index in [2.05, 4.69) is 17.0 Å². The maximum Gasteiger partial charge on any atom is 0.283 e. The minimum atomic E-state index is -0.438. The Morgan fingerprint density at radius 2 is 2.00 bits per heavy atom. The highest BCUT2D eigenvalue weighted by atomic mass is 32.2. The number of nitrogens with one attached hydrogen (secondary N) is 1. The van der Waals surface area contributed by atoms with Gasteiger partial charge in [0.05, 0.1) is 5.57 Å². The molecule has 32 heavy (non-hydrogen) atoms. The molecule has 1 amide bonds. The summed E-state index contributed by atoms with van der Waals surface area (Å²) < 4.78 is 15.7. The molecule has 1 N–H and O–H groups in total. The van der Waals surface area contributed by atoms with Crippen molar-refractivity contribution in [3.05, 3.63) is 58.7 Å². The van der Waals surface area contributed by atoms with Crippen molar-refractivity contribution < 1.29 is 9.18 Å². The van der Waals surface area contributed by atoms with Crippen LogP contribution in [0.1, 0.15) is 56.0 Å². The van der Waals surface area contributed by atoms with Gasteiger partial charge in [-0.2, -0.15) is 15.1 Å².